The number of carbonyl (C=O) groups excluding carboxylic acids is 3. The molecule has 0 aliphatic heterocycles. The fourth-order valence-electron chi connectivity index (χ4n) is 2.15. The van der Waals surface area contributed by atoms with Crippen molar-refractivity contribution in [1.29, 1.82) is 0 Å². The highest BCUT2D eigenvalue weighted by Gasteiger charge is 2.35. The van der Waals surface area contributed by atoms with Crippen LogP contribution in [0.2, 0.25) is 0 Å². The van der Waals surface area contributed by atoms with E-state index in [-0.39, 0.29) is 30.6 Å². The third-order valence-electron chi connectivity index (χ3n) is 3.10. The SMILES string of the molecule is CC(C)(C)OC(=O)CC(=O)C[C@@H](NC(=O)OC(C)(C)C)C1CC1. The van der Waals surface area contributed by atoms with Gasteiger partial charge in [0.25, 0.3) is 0 Å². The second kappa shape index (κ2) is 7.32. The Kier molecular flexibility index (Phi) is 6.19. The monoisotopic (exact) mass is 327 g/mol. The minimum atomic E-state index is -0.609. The number of alkyl carbamates (subject to hydrolysis) is 1. The molecule has 0 unspecified atom stereocenters. The summed E-state index contributed by atoms with van der Waals surface area (Å²) in [6.07, 6.45) is 1.28. The van der Waals surface area contributed by atoms with Crippen molar-refractivity contribution in [1.82, 2.24) is 5.32 Å². The van der Waals surface area contributed by atoms with Gasteiger partial charge in [0.2, 0.25) is 0 Å². The molecule has 1 aliphatic carbocycles. The van der Waals surface area contributed by atoms with E-state index in [9.17, 15) is 14.4 Å². The van der Waals surface area contributed by atoms with Gasteiger partial charge in [-0.15, -0.1) is 0 Å². The van der Waals surface area contributed by atoms with Crippen molar-refractivity contribution in [2.75, 3.05) is 0 Å². The summed E-state index contributed by atoms with van der Waals surface area (Å²) in [5, 5.41) is 2.75. The van der Waals surface area contributed by atoms with Crippen molar-refractivity contribution in [3.63, 3.8) is 0 Å². The Hall–Kier alpha value is -1.59. The number of rotatable bonds is 6. The first-order chi connectivity index (χ1) is 10.4. The zero-order chi connectivity index (χ0) is 17.8. The standard InChI is InChI=1S/C17H29NO5/c1-16(2,3)22-14(20)10-12(19)9-13(11-7-8-11)18-15(21)23-17(4,5)6/h11,13H,7-10H2,1-6H3,(H,18,21)/t13-/m1/s1. The topological polar surface area (TPSA) is 81.7 Å². The van der Waals surface area contributed by atoms with Gasteiger partial charge in [-0.25, -0.2) is 4.79 Å². The van der Waals surface area contributed by atoms with Gasteiger partial charge >= 0.3 is 12.1 Å². The maximum Gasteiger partial charge on any atom is 0.407 e. The molecule has 1 N–H and O–H groups in total. The molecular formula is C17H29NO5. The molecule has 23 heavy (non-hydrogen) atoms. The van der Waals surface area contributed by atoms with Crippen LogP contribution in [0.25, 0.3) is 0 Å². The lowest BCUT2D eigenvalue weighted by Gasteiger charge is -2.23. The van der Waals surface area contributed by atoms with Crippen molar-refractivity contribution in [2.24, 2.45) is 5.92 Å². The van der Waals surface area contributed by atoms with Crippen molar-refractivity contribution in [3.05, 3.63) is 0 Å². The minimum Gasteiger partial charge on any atom is -0.460 e. The second-order valence-corrected chi connectivity index (χ2v) is 8.10. The highest BCUT2D eigenvalue weighted by Crippen LogP contribution is 2.34. The molecule has 1 aliphatic rings. The summed E-state index contributed by atoms with van der Waals surface area (Å²) in [6, 6.07) is -0.278. The fourth-order valence-corrected chi connectivity index (χ4v) is 2.15. The van der Waals surface area contributed by atoms with E-state index >= 15 is 0 Å². The number of esters is 1. The number of hydrogen-bond donors (Lipinski definition) is 1. The van der Waals surface area contributed by atoms with Crippen LogP contribution in [0.5, 0.6) is 0 Å². The number of hydrogen-bond acceptors (Lipinski definition) is 5. The minimum absolute atomic E-state index is 0.128. The molecule has 1 fully saturated rings. The summed E-state index contributed by atoms with van der Waals surface area (Å²) in [5.74, 6) is -0.480. The molecule has 0 aromatic carbocycles. The van der Waals surface area contributed by atoms with E-state index in [1.807, 2.05) is 0 Å². The van der Waals surface area contributed by atoms with Crippen LogP contribution in [0.4, 0.5) is 4.79 Å². The first kappa shape index (κ1) is 19.5. The molecule has 132 valence electrons. The second-order valence-electron chi connectivity index (χ2n) is 8.10. The number of ether oxygens (including phenoxy) is 2. The van der Waals surface area contributed by atoms with Gasteiger partial charge in [0, 0.05) is 12.5 Å². The van der Waals surface area contributed by atoms with Crippen molar-refractivity contribution < 1.29 is 23.9 Å². The number of amides is 1. The molecular weight excluding hydrogens is 298 g/mol. The first-order valence-corrected chi connectivity index (χ1v) is 8.09. The van der Waals surface area contributed by atoms with Crippen LogP contribution in [-0.2, 0) is 19.1 Å². The fraction of sp³-hybridized carbons (Fsp3) is 0.824. The molecule has 1 amide bonds. The molecule has 0 spiro atoms. The Morgan fingerprint density at radius 3 is 1.96 bits per heavy atom. The zero-order valence-electron chi connectivity index (χ0n) is 15.0. The van der Waals surface area contributed by atoms with Crippen LogP contribution in [-0.4, -0.2) is 35.1 Å². The molecule has 6 nitrogen and oxygen atoms in total. The van der Waals surface area contributed by atoms with Gasteiger partial charge in [-0.1, -0.05) is 0 Å². The lowest BCUT2D eigenvalue weighted by Crippen LogP contribution is -2.41. The lowest BCUT2D eigenvalue weighted by molar-refractivity contribution is -0.156. The smallest absolute Gasteiger partial charge is 0.407 e. The Balaban J connectivity index is 2.48. The predicted molar refractivity (Wildman–Crippen MR) is 86.0 cm³/mol. The summed E-state index contributed by atoms with van der Waals surface area (Å²) in [4.78, 5) is 35.6. The summed E-state index contributed by atoms with van der Waals surface area (Å²) in [7, 11) is 0. The summed E-state index contributed by atoms with van der Waals surface area (Å²) < 4.78 is 10.4. The molecule has 1 atom stereocenters. The number of ketones is 1. The third-order valence-corrected chi connectivity index (χ3v) is 3.10. The largest absolute Gasteiger partial charge is 0.460 e. The molecule has 1 saturated carbocycles. The summed E-state index contributed by atoms with van der Waals surface area (Å²) >= 11 is 0. The Morgan fingerprint density at radius 1 is 1.00 bits per heavy atom. The Morgan fingerprint density at radius 2 is 1.52 bits per heavy atom. The molecule has 0 heterocycles. The summed E-state index contributed by atoms with van der Waals surface area (Å²) in [6.45, 7) is 10.6. The lowest BCUT2D eigenvalue weighted by atomic mass is 10.0. The van der Waals surface area contributed by atoms with Gasteiger partial charge in [0.15, 0.2) is 0 Å². The molecule has 0 aromatic heterocycles. The van der Waals surface area contributed by atoms with E-state index < -0.39 is 23.3 Å². The molecule has 0 aromatic rings. The van der Waals surface area contributed by atoms with Crippen molar-refractivity contribution >= 4 is 17.8 Å². The van der Waals surface area contributed by atoms with Gasteiger partial charge in [0.05, 0.1) is 0 Å². The van der Waals surface area contributed by atoms with E-state index in [4.69, 9.17) is 9.47 Å². The number of Topliss-reactive ketones (excluding diaryl/α,β-unsaturated/α-hetero) is 1. The van der Waals surface area contributed by atoms with Gasteiger partial charge < -0.3 is 14.8 Å². The van der Waals surface area contributed by atoms with Crippen LogP contribution in [0.3, 0.4) is 0 Å². The van der Waals surface area contributed by atoms with Crippen LogP contribution >= 0.6 is 0 Å². The molecule has 0 bridgehead atoms. The number of nitrogens with one attached hydrogen (secondary N) is 1. The normalized spacial score (nSPS) is 16.4. The summed E-state index contributed by atoms with van der Waals surface area (Å²) in [5.41, 5.74) is -1.19. The van der Waals surface area contributed by atoms with Crippen LogP contribution in [0, 0.1) is 5.92 Å². The Labute approximate surface area is 138 Å². The quantitative estimate of drug-likeness (QED) is 0.599. The van der Waals surface area contributed by atoms with E-state index in [1.165, 1.54) is 0 Å². The van der Waals surface area contributed by atoms with Crippen LogP contribution < -0.4 is 5.32 Å². The molecule has 0 saturated heterocycles. The van der Waals surface area contributed by atoms with E-state index in [1.54, 1.807) is 41.5 Å². The van der Waals surface area contributed by atoms with Gasteiger partial charge in [-0.2, -0.15) is 0 Å². The van der Waals surface area contributed by atoms with Gasteiger partial charge in [-0.05, 0) is 60.3 Å². The van der Waals surface area contributed by atoms with E-state index in [2.05, 4.69) is 5.32 Å². The third kappa shape index (κ3) is 9.21. The Bertz CT molecular complexity index is 455. The molecule has 6 heteroatoms. The average molecular weight is 327 g/mol. The van der Waals surface area contributed by atoms with E-state index in [0.717, 1.165) is 12.8 Å². The van der Waals surface area contributed by atoms with Crippen molar-refractivity contribution in [3.8, 4) is 0 Å². The van der Waals surface area contributed by atoms with Crippen LogP contribution in [0.15, 0.2) is 0 Å². The first-order valence-electron chi connectivity index (χ1n) is 8.09. The maximum absolute atomic E-state index is 12.1. The number of carbonyl (C=O) groups is 3. The maximum atomic E-state index is 12.1. The zero-order valence-corrected chi connectivity index (χ0v) is 15.0. The average Bonchev–Trinajstić information content (AvgIpc) is 3.04. The molecule has 0 radical (unpaired) electrons. The van der Waals surface area contributed by atoms with Crippen molar-refractivity contribution in [2.45, 2.75) is 84.5 Å². The van der Waals surface area contributed by atoms with E-state index in [0.29, 0.717) is 0 Å². The highest BCUT2D eigenvalue weighted by molar-refractivity contribution is 5.96. The van der Waals surface area contributed by atoms with Gasteiger partial charge in [0.1, 0.15) is 23.4 Å². The highest BCUT2D eigenvalue weighted by atomic mass is 16.6. The predicted octanol–water partition coefficient (Wildman–Crippen LogP) is 2.98. The van der Waals surface area contributed by atoms with Crippen LogP contribution in [0.1, 0.15) is 67.2 Å². The van der Waals surface area contributed by atoms with Gasteiger partial charge in [-0.3, -0.25) is 9.59 Å². The molecule has 1 rings (SSSR count).